The van der Waals surface area contributed by atoms with Gasteiger partial charge >= 0.3 is 0 Å². The third-order valence-electron chi connectivity index (χ3n) is 0.982. The Balaban J connectivity index is 3.14. The molecule has 2 nitrogen and oxygen atoms in total. The molecule has 0 spiro atoms. The second-order valence-corrected chi connectivity index (χ2v) is 2.48. The fraction of sp³-hybridized carbons (Fsp3) is 0. The Labute approximate surface area is 74.2 Å². The van der Waals surface area contributed by atoms with Crippen molar-refractivity contribution in [3.63, 3.8) is 0 Å². The van der Waals surface area contributed by atoms with Gasteiger partial charge in [-0.25, -0.2) is 4.98 Å². The molecule has 0 atom stereocenters. The average molecular weight is 187 g/mol. The van der Waals surface area contributed by atoms with Gasteiger partial charge in [-0.15, -0.1) is 0 Å². The molecule has 0 aliphatic heterocycles. The van der Waals surface area contributed by atoms with Crippen molar-refractivity contribution >= 4 is 34.9 Å². The first-order valence-corrected chi connectivity index (χ1v) is 3.54. The Bertz CT molecular complexity index is 316. The first-order chi connectivity index (χ1) is 5.24. The van der Waals surface area contributed by atoms with Gasteiger partial charge in [0.2, 0.25) is 0 Å². The van der Waals surface area contributed by atoms with Gasteiger partial charge in [-0.3, -0.25) is 0 Å². The third kappa shape index (κ3) is 2.05. The molecule has 1 aromatic rings. The summed E-state index contributed by atoms with van der Waals surface area (Å²) in [6.07, 6.45) is 0. The van der Waals surface area contributed by atoms with E-state index in [0.717, 1.165) is 0 Å². The molecule has 0 saturated carbocycles. The van der Waals surface area contributed by atoms with Crippen LogP contribution in [0.3, 0.4) is 0 Å². The zero-order valence-corrected chi connectivity index (χ0v) is 7.02. The van der Waals surface area contributed by atoms with Gasteiger partial charge in [0.1, 0.15) is 5.15 Å². The third-order valence-corrected chi connectivity index (χ3v) is 1.67. The number of rotatable bonds is 1. The van der Waals surface area contributed by atoms with Crippen molar-refractivity contribution in [3.05, 3.63) is 28.9 Å². The van der Waals surface area contributed by atoms with Gasteiger partial charge in [-0.2, -0.15) is 4.99 Å². The fourth-order valence-corrected chi connectivity index (χ4v) is 0.806. The van der Waals surface area contributed by atoms with Gasteiger partial charge in [-0.05, 0) is 24.6 Å². The summed E-state index contributed by atoms with van der Waals surface area (Å²) in [5.74, 6) is 2.79. The van der Waals surface area contributed by atoms with Gasteiger partial charge in [0, 0.05) is 0 Å². The number of aliphatic imine (C=N–C) groups is 1. The molecule has 0 fully saturated rings. The van der Waals surface area contributed by atoms with Crippen LogP contribution in [0, 0.1) is 0 Å². The van der Waals surface area contributed by atoms with Crippen LogP contribution in [0.5, 0.6) is 0 Å². The monoisotopic (exact) mass is 186 g/mol. The predicted molar refractivity (Wildman–Crippen MR) is 47.0 cm³/mol. The standard InChI is InChI=1S/C7H4Cl2N2/c1-2-10-6-4-3-5(8)7(9)11-6/h3-4H,1H2. The lowest BCUT2D eigenvalue weighted by Gasteiger charge is -1.93. The predicted octanol–water partition coefficient (Wildman–Crippen LogP) is 2.88. The summed E-state index contributed by atoms with van der Waals surface area (Å²) in [5, 5.41) is 0.651. The Morgan fingerprint density at radius 2 is 2.18 bits per heavy atom. The van der Waals surface area contributed by atoms with Crippen LogP contribution in [0.2, 0.25) is 10.2 Å². The summed E-state index contributed by atoms with van der Waals surface area (Å²) < 4.78 is 0. The summed E-state index contributed by atoms with van der Waals surface area (Å²) >= 11 is 11.2. The summed E-state index contributed by atoms with van der Waals surface area (Å²) in [6.45, 7) is 3.30. The van der Waals surface area contributed by atoms with Crippen LogP contribution in [0.25, 0.3) is 0 Å². The van der Waals surface area contributed by atoms with Crippen molar-refractivity contribution in [3.8, 4) is 0 Å². The molecule has 1 rings (SSSR count). The summed E-state index contributed by atoms with van der Waals surface area (Å²) in [4.78, 5) is 7.52. The van der Waals surface area contributed by atoms with E-state index in [1.165, 1.54) is 0 Å². The van der Waals surface area contributed by atoms with E-state index in [0.29, 0.717) is 10.8 Å². The Morgan fingerprint density at radius 1 is 1.45 bits per heavy atom. The fourth-order valence-electron chi connectivity index (χ4n) is 0.551. The van der Waals surface area contributed by atoms with E-state index in [2.05, 4.69) is 22.4 Å². The smallest absolute Gasteiger partial charge is 0.163 e. The van der Waals surface area contributed by atoms with E-state index in [1.807, 2.05) is 0 Å². The van der Waals surface area contributed by atoms with E-state index in [9.17, 15) is 0 Å². The number of aromatic nitrogens is 1. The molecule has 0 aliphatic rings. The van der Waals surface area contributed by atoms with Crippen molar-refractivity contribution in [2.24, 2.45) is 4.99 Å². The van der Waals surface area contributed by atoms with E-state index in [-0.39, 0.29) is 5.15 Å². The first-order valence-electron chi connectivity index (χ1n) is 2.79. The van der Waals surface area contributed by atoms with Gasteiger partial charge in [0.25, 0.3) is 0 Å². The highest BCUT2D eigenvalue weighted by Gasteiger charge is 1.98. The maximum Gasteiger partial charge on any atom is 0.163 e. The van der Waals surface area contributed by atoms with Crippen LogP contribution in [-0.2, 0) is 0 Å². The van der Waals surface area contributed by atoms with Gasteiger partial charge < -0.3 is 0 Å². The van der Waals surface area contributed by atoms with Crippen LogP contribution in [-0.4, -0.2) is 10.9 Å². The van der Waals surface area contributed by atoms with E-state index < -0.39 is 0 Å². The maximum absolute atomic E-state index is 5.61. The number of hydrogen-bond donors (Lipinski definition) is 0. The zero-order chi connectivity index (χ0) is 8.27. The molecule has 0 aliphatic carbocycles. The lowest BCUT2D eigenvalue weighted by Crippen LogP contribution is -1.75. The van der Waals surface area contributed by atoms with Crippen molar-refractivity contribution in [1.82, 2.24) is 4.98 Å². The Kier molecular flexibility index (Phi) is 2.66. The van der Waals surface area contributed by atoms with Crippen LogP contribution in [0.1, 0.15) is 0 Å². The Morgan fingerprint density at radius 3 is 2.73 bits per heavy atom. The van der Waals surface area contributed by atoms with Crippen molar-refractivity contribution in [2.45, 2.75) is 0 Å². The second kappa shape index (κ2) is 3.54. The summed E-state index contributed by atoms with van der Waals surface area (Å²) in [7, 11) is 0. The summed E-state index contributed by atoms with van der Waals surface area (Å²) in [6, 6.07) is 3.25. The van der Waals surface area contributed by atoms with Gasteiger partial charge in [0.15, 0.2) is 5.82 Å². The number of halogens is 2. The molecule has 4 heteroatoms. The molecule has 0 aromatic carbocycles. The molecule has 0 N–H and O–H groups in total. The van der Waals surface area contributed by atoms with Crippen molar-refractivity contribution < 1.29 is 0 Å². The van der Waals surface area contributed by atoms with Crippen LogP contribution in [0.15, 0.2) is 23.7 Å². The largest absolute Gasteiger partial charge is 0.215 e. The molecule has 0 bridgehead atoms. The first kappa shape index (κ1) is 8.28. The normalized spacial score (nSPS) is 8.91. The minimum atomic E-state index is 0.239. The minimum Gasteiger partial charge on any atom is -0.215 e. The zero-order valence-electron chi connectivity index (χ0n) is 5.51. The highest BCUT2D eigenvalue weighted by atomic mass is 35.5. The Hall–Kier alpha value is -0.820. The number of pyridine rings is 1. The lowest BCUT2D eigenvalue weighted by atomic mass is 10.5. The number of hydrogen-bond acceptors (Lipinski definition) is 2. The molecular formula is C7H4Cl2N2. The molecule has 1 aromatic heterocycles. The van der Waals surface area contributed by atoms with Crippen molar-refractivity contribution in [2.75, 3.05) is 0 Å². The molecule has 0 amide bonds. The minimum absolute atomic E-state index is 0.239. The maximum atomic E-state index is 5.61. The van der Waals surface area contributed by atoms with Gasteiger partial charge in [0.05, 0.1) is 5.02 Å². The van der Waals surface area contributed by atoms with Gasteiger partial charge in [-0.1, -0.05) is 23.2 Å². The highest BCUT2D eigenvalue weighted by molar-refractivity contribution is 6.41. The molecule has 11 heavy (non-hydrogen) atoms. The summed E-state index contributed by atoms with van der Waals surface area (Å²) in [5.41, 5.74) is 0. The SMILES string of the molecule is C=C=Nc1ccc(Cl)c(Cl)n1. The van der Waals surface area contributed by atoms with Crippen LogP contribution in [0.4, 0.5) is 5.82 Å². The van der Waals surface area contributed by atoms with Crippen LogP contribution < -0.4 is 0 Å². The average Bonchev–Trinajstić information content (AvgIpc) is 1.98. The molecule has 0 saturated heterocycles. The van der Waals surface area contributed by atoms with Crippen LogP contribution >= 0.6 is 23.2 Å². The quantitative estimate of drug-likeness (QED) is 0.490. The number of nitrogens with zero attached hydrogens (tertiary/aromatic N) is 2. The van der Waals surface area contributed by atoms with E-state index in [4.69, 9.17) is 23.2 Å². The lowest BCUT2D eigenvalue weighted by molar-refractivity contribution is 1.28. The molecule has 0 unspecified atom stereocenters. The highest BCUT2D eigenvalue weighted by Crippen LogP contribution is 2.21. The molecule has 1 heterocycles. The second-order valence-electron chi connectivity index (χ2n) is 1.71. The van der Waals surface area contributed by atoms with Crippen molar-refractivity contribution in [1.29, 1.82) is 0 Å². The molecule has 0 radical (unpaired) electrons. The van der Waals surface area contributed by atoms with E-state index in [1.54, 1.807) is 12.1 Å². The van der Waals surface area contributed by atoms with E-state index >= 15 is 0 Å². The topological polar surface area (TPSA) is 25.2 Å². The molecule has 56 valence electrons. The molecular weight excluding hydrogens is 183 g/mol.